The number of amides is 2. The Morgan fingerprint density at radius 2 is 1.57 bits per heavy atom. The van der Waals surface area contributed by atoms with Gasteiger partial charge in [0, 0.05) is 29.9 Å². The van der Waals surface area contributed by atoms with Crippen LogP contribution in [-0.4, -0.2) is 24.9 Å². The second kappa shape index (κ2) is 8.97. The van der Waals surface area contributed by atoms with Crippen molar-refractivity contribution in [3.05, 3.63) is 77.6 Å². The van der Waals surface area contributed by atoms with Crippen molar-refractivity contribution in [1.29, 1.82) is 0 Å². The molecule has 2 aromatic carbocycles. The Morgan fingerprint density at radius 1 is 0.900 bits per heavy atom. The number of benzene rings is 2. The second-order valence-corrected chi connectivity index (χ2v) is 8.07. The molecule has 0 saturated heterocycles. The van der Waals surface area contributed by atoms with Crippen LogP contribution in [-0.2, 0) is 5.41 Å². The van der Waals surface area contributed by atoms with Crippen LogP contribution in [0.1, 0.15) is 47.2 Å². The zero-order valence-electron chi connectivity index (χ0n) is 17.5. The van der Waals surface area contributed by atoms with Gasteiger partial charge in [0.1, 0.15) is 5.76 Å². The van der Waals surface area contributed by atoms with E-state index in [0.29, 0.717) is 30.1 Å². The lowest BCUT2D eigenvalue weighted by molar-refractivity contribution is 0.0927. The summed E-state index contributed by atoms with van der Waals surface area (Å²) in [5, 5.41) is 5.56. The number of carbonyl (C=O) groups is 2. The number of nitrogens with two attached hydrogens (primary N) is 1. The lowest BCUT2D eigenvalue weighted by Crippen LogP contribution is -2.28. The molecule has 0 atom stereocenters. The van der Waals surface area contributed by atoms with E-state index >= 15 is 0 Å². The first kappa shape index (κ1) is 21.3. The Kier molecular flexibility index (Phi) is 6.37. The van der Waals surface area contributed by atoms with E-state index in [-0.39, 0.29) is 23.0 Å². The van der Waals surface area contributed by atoms with Gasteiger partial charge < -0.3 is 20.8 Å². The molecule has 0 aliphatic heterocycles. The molecule has 156 valence electrons. The molecule has 3 aromatic rings. The van der Waals surface area contributed by atoms with Crippen LogP contribution in [0.3, 0.4) is 0 Å². The number of nitrogens with one attached hydrogen (secondary N) is 2. The van der Waals surface area contributed by atoms with Gasteiger partial charge in [-0.2, -0.15) is 0 Å². The van der Waals surface area contributed by atoms with Gasteiger partial charge in [-0.25, -0.2) is 0 Å². The third-order valence-corrected chi connectivity index (χ3v) is 4.70. The quantitative estimate of drug-likeness (QED) is 0.573. The van der Waals surface area contributed by atoms with Crippen LogP contribution in [0.4, 0.5) is 5.69 Å². The third kappa shape index (κ3) is 5.15. The van der Waals surface area contributed by atoms with Crippen LogP contribution in [0.2, 0.25) is 0 Å². The fourth-order valence-electron chi connectivity index (χ4n) is 2.93. The summed E-state index contributed by atoms with van der Waals surface area (Å²) in [6.07, 6.45) is 0. The Bertz CT molecular complexity index is 1010. The molecule has 4 N–H and O–H groups in total. The summed E-state index contributed by atoms with van der Waals surface area (Å²) in [5.41, 5.74) is 8.69. The standard InChI is InChI=1S/C24H27N3O3/c1-24(2,3)18-8-4-17(5-9-18)22(28)27-19-10-6-16(7-11-19)20-12-13-21(30-20)23(29)26-15-14-25/h4-13H,14-15,25H2,1-3H3,(H,26,29)(H,27,28). The van der Waals surface area contributed by atoms with E-state index in [9.17, 15) is 9.59 Å². The molecule has 30 heavy (non-hydrogen) atoms. The van der Waals surface area contributed by atoms with E-state index in [1.807, 2.05) is 36.4 Å². The fourth-order valence-corrected chi connectivity index (χ4v) is 2.93. The van der Waals surface area contributed by atoms with Crippen LogP contribution >= 0.6 is 0 Å². The second-order valence-electron chi connectivity index (χ2n) is 8.07. The summed E-state index contributed by atoms with van der Waals surface area (Å²) in [6, 6.07) is 18.3. The summed E-state index contributed by atoms with van der Waals surface area (Å²) in [4.78, 5) is 24.4. The molecule has 1 aromatic heterocycles. The Hall–Kier alpha value is -3.38. The monoisotopic (exact) mass is 405 g/mol. The van der Waals surface area contributed by atoms with E-state index < -0.39 is 0 Å². The van der Waals surface area contributed by atoms with Gasteiger partial charge in [-0.3, -0.25) is 9.59 Å². The molecule has 0 aliphatic carbocycles. The molecule has 6 nitrogen and oxygen atoms in total. The predicted molar refractivity (Wildman–Crippen MR) is 119 cm³/mol. The van der Waals surface area contributed by atoms with Gasteiger partial charge in [0.05, 0.1) is 0 Å². The smallest absolute Gasteiger partial charge is 0.287 e. The summed E-state index contributed by atoms with van der Waals surface area (Å²) in [5.74, 6) is 0.339. The first-order valence-electron chi connectivity index (χ1n) is 9.88. The van der Waals surface area contributed by atoms with Gasteiger partial charge in [0.25, 0.3) is 11.8 Å². The van der Waals surface area contributed by atoms with Gasteiger partial charge in [-0.1, -0.05) is 32.9 Å². The summed E-state index contributed by atoms with van der Waals surface area (Å²) in [7, 11) is 0. The average molecular weight is 405 g/mol. The van der Waals surface area contributed by atoms with Crippen molar-refractivity contribution in [2.45, 2.75) is 26.2 Å². The van der Waals surface area contributed by atoms with Crippen molar-refractivity contribution < 1.29 is 14.0 Å². The zero-order valence-corrected chi connectivity index (χ0v) is 17.5. The highest BCUT2D eigenvalue weighted by molar-refractivity contribution is 6.04. The molecule has 1 heterocycles. The van der Waals surface area contributed by atoms with Crippen molar-refractivity contribution in [3.8, 4) is 11.3 Å². The highest BCUT2D eigenvalue weighted by atomic mass is 16.3. The van der Waals surface area contributed by atoms with Gasteiger partial charge in [0.2, 0.25) is 0 Å². The maximum absolute atomic E-state index is 12.5. The number of anilines is 1. The highest BCUT2D eigenvalue weighted by Gasteiger charge is 2.15. The average Bonchev–Trinajstić information content (AvgIpc) is 3.22. The number of rotatable bonds is 6. The van der Waals surface area contributed by atoms with Crippen molar-refractivity contribution in [2.24, 2.45) is 5.73 Å². The van der Waals surface area contributed by atoms with E-state index in [2.05, 4.69) is 31.4 Å². The maximum Gasteiger partial charge on any atom is 0.287 e. The molecular formula is C24H27N3O3. The van der Waals surface area contributed by atoms with Crippen LogP contribution in [0, 0.1) is 0 Å². The highest BCUT2D eigenvalue weighted by Crippen LogP contribution is 2.25. The molecule has 0 unspecified atom stereocenters. The van der Waals surface area contributed by atoms with E-state index in [4.69, 9.17) is 10.2 Å². The molecule has 0 aliphatic rings. The Labute approximate surface area is 176 Å². The molecule has 0 bridgehead atoms. The molecular weight excluding hydrogens is 378 g/mol. The Balaban J connectivity index is 1.65. The lowest BCUT2D eigenvalue weighted by Gasteiger charge is -2.19. The van der Waals surface area contributed by atoms with Gasteiger partial charge >= 0.3 is 0 Å². The SMILES string of the molecule is CC(C)(C)c1ccc(C(=O)Nc2ccc(-c3ccc(C(=O)NCCN)o3)cc2)cc1. The van der Waals surface area contributed by atoms with Crippen LogP contribution in [0.15, 0.2) is 65.1 Å². The number of furan rings is 1. The van der Waals surface area contributed by atoms with Gasteiger partial charge in [-0.05, 0) is 59.5 Å². The van der Waals surface area contributed by atoms with Gasteiger partial charge in [0.15, 0.2) is 5.76 Å². The molecule has 0 fully saturated rings. The van der Waals surface area contributed by atoms with Crippen LogP contribution in [0.5, 0.6) is 0 Å². The minimum atomic E-state index is -0.298. The molecule has 3 rings (SSSR count). The summed E-state index contributed by atoms with van der Waals surface area (Å²) < 4.78 is 5.62. The number of hydrogen-bond acceptors (Lipinski definition) is 4. The van der Waals surface area contributed by atoms with Crippen molar-refractivity contribution in [3.63, 3.8) is 0 Å². The predicted octanol–water partition coefficient (Wildman–Crippen LogP) is 4.18. The van der Waals surface area contributed by atoms with E-state index in [1.165, 1.54) is 5.56 Å². The summed E-state index contributed by atoms with van der Waals surface area (Å²) >= 11 is 0. The van der Waals surface area contributed by atoms with Crippen molar-refractivity contribution in [1.82, 2.24) is 5.32 Å². The largest absolute Gasteiger partial charge is 0.451 e. The van der Waals surface area contributed by atoms with Gasteiger partial charge in [-0.15, -0.1) is 0 Å². The number of hydrogen-bond donors (Lipinski definition) is 3. The van der Waals surface area contributed by atoms with Crippen molar-refractivity contribution in [2.75, 3.05) is 18.4 Å². The number of carbonyl (C=O) groups excluding carboxylic acids is 2. The topological polar surface area (TPSA) is 97.4 Å². The third-order valence-electron chi connectivity index (χ3n) is 4.70. The minimum absolute atomic E-state index is 0.0433. The maximum atomic E-state index is 12.5. The first-order chi connectivity index (χ1) is 14.3. The Morgan fingerprint density at radius 3 is 2.17 bits per heavy atom. The molecule has 2 amide bonds. The molecule has 0 spiro atoms. The van der Waals surface area contributed by atoms with E-state index in [1.54, 1.807) is 24.3 Å². The molecule has 0 radical (unpaired) electrons. The zero-order chi connectivity index (χ0) is 21.7. The summed E-state index contributed by atoms with van der Waals surface area (Å²) in [6.45, 7) is 7.17. The first-order valence-corrected chi connectivity index (χ1v) is 9.88. The van der Waals surface area contributed by atoms with Crippen LogP contribution in [0.25, 0.3) is 11.3 Å². The van der Waals surface area contributed by atoms with Crippen LogP contribution < -0.4 is 16.4 Å². The van der Waals surface area contributed by atoms with Crippen molar-refractivity contribution >= 4 is 17.5 Å². The van der Waals surface area contributed by atoms with E-state index in [0.717, 1.165) is 5.56 Å². The molecule has 6 heteroatoms. The molecule has 0 saturated carbocycles. The lowest BCUT2D eigenvalue weighted by atomic mass is 9.87. The normalized spacial score (nSPS) is 11.2. The fraction of sp³-hybridized carbons (Fsp3) is 0.250. The minimum Gasteiger partial charge on any atom is -0.451 e.